The van der Waals surface area contributed by atoms with Crippen LogP contribution in [-0.4, -0.2) is 41.2 Å². The molecule has 2 aliphatic heterocycles. The van der Waals surface area contributed by atoms with Crippen LogP contribution in [0.5, 0.6) is 0 Å². The minimum atomic E-state index is 0.0315. The molecule has 1 N–H and O–H groups in total. The summed E-state index contributed by atoms with van der Waals surface area (Å²) in [4.78, 5) is 9.44. The molecule has 3 heterocycles. The van der Waals surface area contributed by atoms with Gasteiger partial charge in [-0.3, -0.25) is 0 Å². The Bertz CT molecular complexity index is 464. The number of fused-ring (bicyclic) bond motifs is 1. The van der Waals surface area contributed by atoms with Gasteiger partial charge < -0.3 is 14.8 Å². The molecule has 1 aromatic heterocycles. The van der Waals surface area contributed by atoms with Crippen LogP contribution in [0.2, 0.25) is 0 Å². The second-order valence-electron chi connectivity index (χ2n) is 5.02. The summed E-state index contributed by atoms with van der Waals surface area (Å²) >= 11 is 1.91. The van der Waals surface area contributed by atoms with Gasteiger partial charge in [-0.15, -0.1) is 0 Å². The van der Waals surface area contributed by atoms with Gasteiger partial charge in [-0.05, 0) is 6.42 Å². The van der Waals surface area contributed by atoms with E-state index >= 15 is 0 Å². The highest BCUT2D eigenvalue weighted by molar-refractivity contribution is 7.99. The van der Waals surface area contributed by atoms with Crippen molar-refractivity contribution >= 4 is 17.6 Å². The largest absolute Gasteiger partial charge is 0.376 e. The smallest absolute Gasteiger partial charge is 0.160 e. The Balaban J connectivity index is 1.89. The van der Waals surface area contributed by atoms with Gasteiger partial charge in [0.15, 0.2) is 5.82 Å². The third kappa shape index (κ3) is 3.07. The molecule has 110 valence electrons. The van der Waals surface area contributed by atoms with Gasteiger partial charge in [0.2, 0.25) is 0 Å². The standard InChI is InChI=1S/C14H21N3O2S/c1-2-4-15-13-10-8-18-5-3-11(10)16-14(17-13)12-9-20-7-6-19-12/h12H,2-9H2,1H3,(H,15,16,17). The van der Waals surface area contributed by atoms with Crippen molar-refractivity contribution in [2.24, 2.45) is 0 Å². The topological polar surface area (TPSA) is 56.3 Å². The minimum Gasteiger partial charge on any atom is -0.376 e. The molecule has 1 unspecified atom stereocenters. The normalized spacial score (nSPS) is 22.4. The van der Waals surface area contributed by atoms with Crippen LogP contribution in [0.3, 0.4) is 0 Å². The SMILES string of the molecule is CCCNc1nc(C2CSCCO2)nc2c1COCC2. The van der Waals surface area contributed by atoms with Gasteiger partial charge in [-0.2, -0.15) is 11.8 Å². The first-order chi connectivity index (χ1) is 9.88. The summed E-state index contributed by atoms with van der Waals surface area (Å²) in [6.45, 7) is 5.22. The molecule has 1 fully saturated rings. The molecule has 0 aliphatic carbocycles. The lowest BCUT2D eigenvalue weighted by atomic mass is 10.1. The van der Waals surface area contributed by atoms with Gasteiger partial charge in [0.25, 0.3) is 0 Å². The molecular weight excluding hydrogens is 274 g/mol. The third-order valence-electron chi connectivity index (χ3n) is 3.49. The Morgan fingerprint density at radius 2 is 2.30 bits per heavy atom. The Kier molecular flexibility index (Phi) is 4.75. The van der Waals surface area contributed by atoms with Crippen LogP contribution in [0.1, 0.15) is 36.5 Å². The van der Waals surface area contributed by atoms with E-state index < -0.39 is 0 Å². The molecule has 0 radical (unpaired) electrons. The molecule has 0 bridgehead atoms. The molecule has 0 spiro atoms. The van der Waals surface area contributed by atoms with E-state index in [1.54, 1.807) is 0 Å². The van der Waals surface area contributed by atoms with E-state index in [1.807, 2.05) is 11.8 Å². The van der Waals surface area contributed by atoms with Crippen LogP contribution in [0.25, 0.3) is 0 Å². The molecule has 1 aromatic rings. The first-order valence-corrected chi connectivity index (χ1v) is 8.44. The van der Waals surface area contributed by atoms with Crippen LogP contribution in [0.15, 0.2) is 0 Å². The molecule has 2 aliphatic rings. The van der Waals surface area contributed by atoms with Crippen molar-refractivity contribution in [3.05, 3.63) is 17.1 Å². The zero-order chi connectivity index (χ0) is 13.8. The monoisotopic (exact) mass is 295 g/mol. The van der Waals surface area contributed by atoms with Crippen LogP contribution in [0, 0.1) is 0 Å². The van der Waals surface area contributed by atoms with Crippen molar-refractivity contribution in [3.63, 3.8) is 0 Å². The average molecular weight is 295 g/mol. The fraction of sp³-hybridized carbons (Fsp3) is 0.714. The quantitative estimate of drug-likeness (QED) is 0.919. The molecule has 0 aromatic carbocycles. The first-order valence-electron chi connectivity index (χ1n) is 7.29. The number of hydrogen-bond donors (Lipinski definition) is 1. The van der Waals surface area contributed by atoms with Gasteiger partial charge in [0.1, 0.15) is 11.9 Å². The maximum Gasteiger partial charge on any atom is 0.160 e. The predicted molar refractivity (Wildman–Crippen MR) is 80.2 cm³/mol. The van der Waals surface area contributed by atoms with Crippen LogP contribution >= 0.6 is 11.8 Å². The number of ether oxygens (including phenoxy) is 2. The van der Waals surface area contributed by atoms with E-state index in [0.29, 0.717) is 6.61 Å². The van der Waals surface area contributed by atoms with E-state index in [9.17, 15) is 0 Å². The molecule has 20 heavy (non-hydrogen) atoms. The van der Waals surface area contributed by atoms with Crippen LogP contribution < -0.4 is 5.32 Å². The van der Waals surface area contributed by atoms with Crippen LogP contribution in [-0.2, 0) is 22.5 Å². The summed E-state index contributed by atoms with van der Waals surface area (Å²) in [6.07, 6.45) is 1.97. The average Bonchev–Trinajstić information content (AvgIpc) is 2.53. The number of rotatable bonds is 4. The number of anilines is 1. The van der Waals surface area contributed by atoms with Gasteiger partial charge in [-0.25, -0.2) is 9.97 Å². The highest BCUT2D eigenvalue weighted by atomic mass is 32.2. The lowest BCUT2D eigenvalue weighted by Crippen LogP contribution is -2.23. The van der Waals surface area contributed by atoms with Crippen molar-refractivity contribution < 1.29 is 9.47 Å². The van der Waals surface area contributed by atoms with Crippen molar-refractivity contribution in [1.82, 2.24) is 9.97 Å². The molecule has 0 saturated carbocycles. The Hall–Kier alpha value is -0.850. The van der Waals surface area contributed by atoms with Crippen molar-refractivity contribution in [2.75, 3.05) is 36.6 Å². The van der Waals surface area contributed by atoms with Gasteiger partial charge in [0.05, 0.1) is 25.5 Å². The van der Waals surface area contributed by atoms with Crippen LogP contribution in [0.4, 0.5) is 5.82 Å². The summed E-state index contributed by atoms with van der Waals surface area (Å²) < 4.78 is 11.4. The summed E-state index contributed by atoms with van der Waals surface area (Å²) in [5, 5.41) is 3.41. The summed E-state index contributed by atoms with van der Waals surface area (Å²) in [5.41, 5.74) is 2.25. The zero-order valence-corrected chi connectivity index (χ0v) is 12.7. The van der Waals surface area contributed by atoms with Crippen molar-refractivity contribution in [3.8, 4) is 0 Å². The second-order valence-corrected chi connectivity index (χ2v) is 6.17. The molecule has 0 amide bonds. The Labute approximate surface area is 123 Å². The van der Waals surface area contributed by atoms with E-state index in [-0.39, 0.29) is 6.10 Å². The van der Waals surface area contributed by atoms with Gasteiger partial charge in [-0.1, -0.05) is 6.92 Å². The molecular formula is C14H21N3O2S. The van der Waals surface area contributed by atoms with E-state index in [0.717, 1.165) is 67.0 Å². The van der Waals surface area contributed by atoms with E-state index in [2.05, 4.69) is 12.2 Å². The second kappa shape index (κ2) is 6.74. The molecule has 1 saturated heterocycles. The summed E-state index contributed by atoms with van der Waals surface area (Å²) in [7, 11) is 0. The third-order valence-corrected chi connectivity index (χ3v) is 4.48. The summed E-state index contributed by atoms with van der Waals surface area (Å²) in [5.74, 6) is 3.78. The number of nitrogens with one attached hydrogen (secondary N) is 1. The van der Waals surface area contributed by atoms with E-state index in [4.69, 9.17) is 19.4 Å². The van der Waals surface area contributed by atoms with Crippen molar-refractivity contribution in [2.45, 2.75) is 32.5 Å². The highest BCUT2D eigenvalue weighted by Crippen LogP contribution is 2.28. The maximum atomic E-state index is 5.81. The highest BCUT2D eigenvalue weighted by Gasteiger charge is 2.24. The molecule has 6 heteroatoms. The first kappa shape index (κ1) is 14.1. The molecule has 1 atom stereocenters. The fourth-order valence-electron chi connectivity index (χ4n) is 2.42. The number of aromatic nitrogens is 2. The van der Waals surface area contributed by atoms with Gasteiger partial charge in [0, 0.05) is 30.0 Å². The zero-order valence-electron chi connectivity index (χ0n) is 11.9. The lowest BCUT2D eigenvalue weighted by molar-refractivity contribution is 0.0682. The minimum absolute atomic E-state index is 0.0315. The maximum absolute atomic E-state index is 5.81. The number of nitrogens with zero attached hydrogens (tertiary/aromatic N) is 2. The number of hydrogen-bond acceptors (Lipinski definition) is 6. The van der Waals surface area contributed by atoms with E-state index in [1.165, 1.54) is 0 Å². The summed E-state index contributed by atoms with van der Waals surface area (Å²) in [6, 6.07) is 0. The number of thioether (sulfide) groups is 1. The lowest BCUT2D eigenvalue weighted by Gasteiger charge is -2.25. The fourth-order valence-corrected chi connectivity index (χ4v) is 3.26. The Morgan fingerprint density at radius 1 is 1.35 bits per heavy atom. The molecule has 3 rings (SSSR count). The predicted octanol–water partition coefficient (Wildman–Crippen LogP) is 2.18. The van der Waals surface area contributed by atoms with Crippen molar-refractivity contribution in [1.29, 1.82) is 0 Å². The molecule has 5 nitrogen and oxygen atoms in total. The van der Waals surface area contributed by atoms with Gasteiger partial charge >= 0.3 is 0 Å². The Morgan fingerprint density at radius 3 is 3.10 bits per heavy atom.